The number of aliphatic carboxylic acids is 1. The molecule has 156 valence electrons. The molecule has 0 saturated heterocycles. The van der Waals surface area contributed by atoms with Crippen LogP contribution in [-0.2, 0) is 24.2 Å². The number of halogens is 1. The Bertz CT molecular complexity index is 874. The number of carbonyl (C=O) groups is 1. The van der Waals surface area contributed by atoms with E-state index in [4.69, 9.17) is 10.2 Å². The average Bonchev–Trinajstić information content (AvgIpc) is 2.96. The molecular weight excluding hydrogens is 375 g/mol. The van der Waals surface area contributed by atoms with Gasteiger partial charge >= 0.3 is 5.97 Å². The maximum Gasteiger partial charge on any atom is 0.331 e. The fourth-order valence-electron chi connectivity index (χ4n) is 3.87. The first-order valence-electron chi connectivity index (χ1n) is 10.1. The summed E-state index contributed by atoms with van der Waals surface area (Å²) in [6, 6.07) is 6.35. The second-order valence-electron chi connectivity index (χ2n) is 7.54. The van der Waals surface area contributed by atoms with Crippen LogP contribution in [0.1, 0.15) is 49.8 Å². The summed E-state index contributed by atoms with van der Waals surface area (Å²) in [6.07, 6.45) is 6.41. The first-order valence-corrected chi connectivity index (χ1v) is 10.1. The number of carboxylic acids is 1. The number of rotatable bonds is 7. The molecule has 1 aliphatic carbocycles. The van der Waals surface area contributed by atoms with Gasteiger partial charge in [-0.2, -0.15) is 5.10 Å². The Morgan fingerprint density at radius 3 is 2.52 bits per heavy atom. The summed E-state index contributed by atoms with van der Waals surface area (Å²) in [5.41, 5.74) is 4.09. The first kappa shape index (κ1) is 21.0. The molecule has 1 aromatic carbocycles. The van der Waals surface area contributed by atoms with Crippen LogP contribution in [0.2, 0.25) is 0 Å². The molecule has 0 fully saturated rings. The number of aliphatic hydroxyl groups excluding tert-OH is 2. The normalized spacial score (nSPS) is 16.0. The lowest BCUT2D eigenvalue weighted by molar-refractivity contribution is -0.131. The zero-order valence-electron chi connectivity index (χ0n) is 16.4. The number of nitrogens with zero attached hydrogens (tertiary/aromatic N) is 2. The minimum absolute atomic E-state index is 0.111. The Hall–Kier alpha value is -2.67. The zero-order chi connectivity index (χ0) is 20.8. The molecule has 3 rings (SSSR count). The average molecular weight is 402 g/mol. The molecule has 2 aromatic rings. The van der Waals surface area contributed by atoms with E-state index < -0.39 is 12.1 Å². The highest BCUT2D eigenvalue weighted by Crippen LogP contribution is 2.30. The van der Waals surface area contributed by atoms with Crippen molar-refractivity contribution in [2.24, 2.45) is 0 Å². The van der Waals surface area contributed by atoms with Gasteiger partial charge in [-0.1, -0.05) is 12.8 Å². The monoisotopic (exact) mass is 402 g/mol. The topological polar surface area (TPSA) is 95.6 Å². The molecule has 0 radical (unpaired) electrons. The van der Waals surface area contributed by atoms with Crippen molar-refractivity contribution >= 4 is 5.97 Å². The summed E-state index contributed by atoms with van der Waals surface area (Å²) in [6.45, 7) is 0.463. The quantitative estimate of drug-likeness (QED) is 0.480. The molecule has 0 aliphatic heterocycles. The SMILES string of the molecule is O=C(O)/C=C(\O)CC(O)CCn1nc(-c2ccc(F)cc2)c2c1CCCCCC2. The van der Waals surface area contributed by atoms with Gasteiger partial charge in [0.05, 0.1) is 17.9 Å². The van der Waals surface area contributed by atoms with Crippen LogP contribution >= 0.6 is 0 Å². The van der Waals surface area contributed by atoms with E-state index >= 15 is 0 Å². The number of aliphatic hydroxyl groups is 2. The fourth-order valence-corrected chi connectivity index (χ4v) is 3.87. The van der Waals surface area contributed by atoms with Crippen LogP contribution in [0.3, 0.4) is 0 Å². The molecule has 0 spiro atoms. The molecule has 1 aliphatic rings. The van der Waals surface area contributed by atoms with Gasteiger partial charge in [-0.25, -0.2) is 9.18 Å². The van der Waals surface area contributed by atoms with Gasteiger partial charge in [0.25, 0.3) is 0 Å². The van der Waals surface area contributed by atoms with E-state index in [1.165, 1.54) is 30.5 Å². The Kier molecular flexibility index (Phi) is 7.04. The molecule has 1 aromatic heterocycles. The molecular formula is C22H27FN2O4. The molecule has 1 atom stereocenters. The molecule has 1 unspecified atom stereocenters. The second-order valence-corrected chi connectivity index (χ2v) is 7.54. The highest BCUT2D eigenvalue weighted by atomic mass is 19.1. The number of fused-ring (bicyclic) bond motifs is 1. The van der Waals surface area contributed by atoms with Crippen molar-refractivity contribution in [3.05, 3.63) is 53.2 Å². The second kappa shape index (κ2) is 9.69. The van der Waals surface area contributed by atoms with Gasteiger partial charge in [0, 0.05) is 29.8 Å². The largest absolute Gasteiger partial charge is 0.512 e. The number of hydrogen-bond donors (Lipinski definition) is 3. The van der Waals surface area contributed by atoms with Gasteiger partial charge < -0.3 is 15.3 Å². The number of carboxylic acid groups (broad SMARTS) is 1. The van der Waals surface area contributed by atoms with Gasteiger partial charge in [0.1, 0.15) is 11.6 Å². The number of aromatic nitrogens is 2. The summed E-state index contributed by atoms with van der Waals surface area (Å²) in [5, 5.41) is 33.2. The summed E-state index contributed by atoms with van der Waals surface area (Å²) in [5.74, 6) is -1.88. The Morgan fingerprint density at radius 2 is 1.83 bits per heavy atom. The number of hydrogen-bond acceptors (Lipinski definition) is 4. The van der Waals surface area contributed by atoms with Crippen molar-refractivity contribution in [3.8, 4) is 11.3 Å². The molecule has 1 heterocycles. The van der Waals surface area contributed by atoms with Crippen LogP contribution in [0.25, 0.3) is 11.3 Å². The van der Waals surface area contributed by atoms with Crippen LogP contribution in [0.4, 0.5) is 4.39 Å². The lowest BCUT2D eigenvalue weighted by Gasteiger charge is -2.14. The maximum atomic E-state index is 13.3. The third-order valence-corrected chi connectivity index (χ3v) is 5.28. The first-order chi connectivity index (χ1) is 13.9. The summed E-state index contributed by atoms with van der Waals surface area (Å²) in [4.78, 5) is 10.6. The van der Waals surface area contributed by atoms with Gasteiger partial charge in [-0.3, -0.25) is 4.68 Å². The fraction of sp³-hybridized carbons (Fsp3) is 0.455. The highest BCUT2D eigenvalue weighted by molar-refractivity contribution is 5.80. The van der Waals surface area contributed by atoms with E-state index in [9.17, 15) is 19.4 Å². The van der Waals surface area contributed by atoms with Crippen molar-refractivity contribution in [1.82, 2.24) is 9.78 Å². The van der Waals surface area contributed by atoms with E-state index in [0.717, 1.165) is 42.6 Å². The lowest BCUT2D eigenvalue weighted by Crippen LogP contribution is -2.15. The lowest BCUT2D eigenvalue weighted by atomic mass is 9.94. The Labute approximate surface area is 169 Å². The van der Waals surface area contributed by atoms with Crippen molar-refractivity contribution in [1.29, 1.82) is 0 Å². The Balaban J connectivity index is 1.81. The Morgan fingerprint density at radius 1 is 1.14 bits per heavy atom. The summed E-state index contributed by atoms with van der Waals surface area (Å²) < 4.78 is 15.3. The predicted molar refractivity (Wildman–Crippen MR) is 107 cm³/mol. The molecule has 29 heavy (non-hydrogen) atoms. The number of aryl methyl sites for hydroxylation is 1. The van der Waals surface area contributed by atoms with Gasteiger partial charge in [0.15, 0.2) is 0 Å². The van der Waals surface area contributed by atoms with Gasteiger partial charge in [-0.05, 0) is 56.4 Å². The summed E-state index contributed by atoms with van der Waals surface area (Å²) >= 11 is 0. The molecule has 7 heteroatoms. The van der Waals surface area contributed by atoms with Crippen LogP contribution in [0, 0.1) is 5.82 Å². The van der Waals surface area contributed by atoms with E-state index in [1.54, 1.807) is 12.1 Å². The van der Waals surface area contributed by atoms with Gasteiger partial charge in [-0.15, -0.1) is 0 Å². The minimum atomic E-state index is -1.24. The molecule has 0 amide bonds. The highest BCUT2D eigenvalue weighted by Gasteiger charge is 2.21. The van der Waals surface area contributed by atoms with Crippen molar-refractivity contribution in [2.45, 2.75) is 64.0 Å². The van der Waals surface area contributed by atoms with Crippen LogP contribution in [0.15, 0.2) is 36.1 Å². The molecule has 6 nitrogen and oxygen atoms in total. The molecule has 0 bridgehead atoms. The van der Waals surface area contributed by atoms with E-state index in [2.05, 4.69) is 0 Å². The van der Waals surface area contributed by atoms with E-state index in [0.29, 0.717) is 19.0 Å². The number of benzene rings is 1. The van der Waals surface area contributed by atoms with E-state index in [1.807, 2.05) is 4.68 Å². The molecule has 0 saturated carbocycles. The van der Waals surface area contributed by atoms with Crippen LogP contribution in [0.5, 0.6) is 0 Å². The minimum Gasteiger partial charge on any atom is -0.512 e. The van der Waals surface area contributed by atoms with Crippen LogP contribution < -0.4 is 0 Å². The maximum absolute atomic E-state index is 13.3. The van der Waals surface area contributed by atoms with E-state index in [-0.39, 0.29) is 18.0 Å². The molecule has 3 N–H and O–H groups in total. The third-order valence-electron chi connectivity index (χ3n) is 5.28. The van der Waals surface area contributed by atoms with Gasteiger partial charge in [0.2, 0.25) is 0 Å². The van der Waals surface area contributed by atoms with Crippen molar-refractivity contribution in [3.63, 3.8) is 0 Å². The summed E-state index contributed by atoms with van der Waals surface area (Å²) in [7, 11) is 0. The van der Waals surface area contributed by atoms with Crippen molar-refractivity contribution in [2.75, 3.05) is 0 Å². The van der Waals surface area contributed by atoms with Crippen LogP contribution in [-0.4, -0.2) is 37.2 Å². The third kappa shape index (κ3) is 5.67. The standard InChI is InChI=1S/C22H27FN2O4/c23-16-9-7-15(8-10-16)22-19-5-3-1-2-4-6-20(19)25(24-22)12-11-17(26)13-18(27)14-21(28)29/h7-10,14,17,26-27H,1-6,11-13H2,(H,28,29)/b18-14-. The predicted octanol–water partition coefficient (Wildman–Crippen LogP) is 4.02. The van der Waals surface area contributed by atoms with Crippen molar-refractivity contribution < 1.29 is 24.5 Å². The zero-order valence-corrected chi connectivity index (χ0v) is 16.4. The smallest absolute Gasteiger partial charge is 0.331 e.